The molecule has 0 fully saturated rings. The van der Waals surface area contributed by atoms with Crippen LogP contribution in [0.5, 0.6) is 5.75 Å². The van der Waals surface area contributed by atoms with Crippen LogP contribution in [-0.4, -0.2) is 7.11 Å². The second kappa shape index (κ2) is 5.07. The maximum Gasteiger partial charge on any atom is 0.172 e. The number of hydrogen-bond donors (Lipinski definition) is 0. The number of ether oxygens (including phenoxy) is 1. The van der Waals surface area contributed by atoms with Crippen LogP contribution in [0, 0.1) is 17.1 Å². The Morgan fingerprint density at radius 3 is 2.61 bits per heavy atom. The summed E-state index contributed by atoms with van der Waals surface area (Å²) in [7, 11) is 1.41. The normalized spacial score (nSPS) is 9.89. The molecule has 0 N–H and O–H groups in total. The Kier molecular flexibility index (Phi) is 3.50. The highest BCUT2D eigenvalue weighted by Crippen LogP contribution is 2.33. The van der Waals surface area contributed by atoms with Gasteiger partial charge < -0.3 is 4.74 Å². The molecule has 2 aromatic carbocycles. The molecule has 18 heavy (non-hydrogen) atoms. The summed E-state index contributed by atoms with van der Waals surface area (Å²) >= 11 is 6.05. The Morgan fingerprint density at radius 2 is 2.00 bits per heavy atom. The molecule has 2 nitrogen and oxygen atoms in total. The fourth-order valence-electron chi connectivity index (χ4n) is 1.68. The maximum absolute atomic E-state index is 14.1. The van der Waals surface area contributed by atoms with Crippen molar-refractivity contribution in [2.45, 2.75) is 0 Å². The van der Waals surface area contributed by atoms with Crippen LogP contribution in [0.1, 0.15) is 5.56 Å². The van der Waals surface area contributed by atoms with Crippen molar-refractivity contribution in [1.82, 2.24) is 0 Å². The zero-order valence-electron chi connectivity index (χ0n) is 9.58. The zero-order chi connectivity index (χ0) is 13.1. The summed E-state index contributed by atoms with van der Waals surface area (Å²) in [6.45, 7) is 0. The van der Waals surface area contributed by atoms with Crippen LogP contribution < -0.4 is 4.74 Å². The van der Waals surface area contributed by atoms with Crippen LogP contribution in [-0.2, 0) is 0 Å². The molecule has 4 heteroatoms. The fourth-order valence-corrected chi connectivity index (χ4v) is 1.96. The van der Waals surface area contributed by atoms with Gasteiger partial charge in [0.05, 0.1) is 18.7 Å². The van der Waals surface area contributed by atoms with Crippen molar-refractivity contribution >= 4 is 11.6 Å². The fraction of sp³-hybridized carbons (Fsp3) is 0.0714. The standard InChI is InChI=1S/C14H9ClFNO/c1-18-13-4-2-3-11(14(13)16)10-6-5-9(8-17)7-12(10)15/h2-7H,1H3. The molecule has 0 spiro atoms. The minimum absolute atomic E-state index is 0.160. The average molecular weight is 262 g/mol. The lowest BCUT2D eigenvalue weighted by atomic mass is 10.0. The zero-order valence-corrected chi connectivity index (χ0v) is 10.3. The van der Waals surface area contributed by atoms with Gasteiger partial charge in [0.2, 0.25) is 0 Å². The van der Waals surface area contributed by atoms with E-state index in [0.29, 0.717) is 21.7 Å². The van der Waals surface area contributed by atoms with Crippen molar-refractivity contribution < 1.29 is 9.13 Å². The van der Waals surface area contributed by atoms with Gasteiger partial charge in [-0.3, -0.25) is 0 Å². The smallest absolute Gasteiger partial charge is 0.172 e. The average Bonchev–Trinajstić information content (AvgIpc) is 2.39. The lowest BCUT2D eigenvalue weighted by Gasteiger charge is -2.09. The van der Waals surface area contributed by atoms with E-state index in [2.05, 4.69) is 0 Å². The van der Waals surface area contributed by atoms with E-state index in [0.717, 1.165) is 0 Å². The molecule has 0 saturated carbocycles. The third kappa shape index (κ3) is 2.15. The van der Waals surface area contributed by atoms with E-state index in [4.69, 9.17) is 21.6 Å². The first-order valence-electron chi connectivity index (χ1n) is 5.20. The van der Waals surface area contributed by atoms with E-state index in [1.54, 1.807) is 24.3 Å². The molecule has 0 bridgehead atoms. The Bertz CT molecular complexity index is 634. The highest BCUT2D eigenvalue weighted by atomic mass is 35.5. The van der Waals surface area contributed by atoms with Gasteiger partial charge in [-0.2, -0.15) is 5.26 Å². The number of nitrogens with zero attached hydrogens (tertiary/aromatic N) is 1. The molecule has 0 saturated heterocycles. The van der Waals surface area contributed by atoms with Gasteiger partial charge in [-0.05, 0) is 18.2 Å². The largest absolute Gasteiger partial charge is 0.494 e. The quantitative estimate of drug-likeness (QED) is 0.818. The first-order valence-corrected chi connectivity index (χ1v) is 5.57. The topological polar surface area (TPSA) is 33.0 Å². The first-order chi connectivity index (χ1) is 8.67. The molecular weight excluding hydrogens is 253 g/mol. The summed E-state index contributed by atoms with van der Waals surface area (Å²) in [5, 5.41) is 9.09. The molecule has 2 aromatic rings. The molecule has 0 radical (unpaired) electrons. The van der Waals surface area contributed by atoms with Crippen LogP contribution >= 0.6 is 11.6 Å². The van der Waals surface area contributed by atoms with Crippen LogP contribution in [0.4, 0.5) is 4.39 Å². The van der Waals surface area contributed by atoms with Gasteiger partial charge in [0.15, 0.2) is 11.6 Å². The second-order valence-corrected chi connectivity index (χ2v) is 4.04. The van der Waals surface area contributed by atoms with E-state index in [9.17, 15) is 4.39 Å². The minimum atomic E-state index is -0.466. The van der Waals surface area contributed by atoms with Crippen molar-refractivity contribution in [3.05, 3.63) is 52.8 Å². The SMILES string of the molecule is COc1cccc(-c2ccc(C#N)cc2Cl)c1F. The van der Waals surface area contributed by atoms with Gasteiger partial charge in [0.25, 0.3) is 0 Å². The molecule has 0 amide bonds. The third-order valence-corrected chi connectivity index (χ3v) is 2.88. The maximum atomic E-state index is 14.1. The van der Waals surface area contributed by atoms with Crippen molar-refractivity contribution in [2.75, 3.05) is 7.11 Å². The summed E-state index contributed by atoms with van der Waals surface area (Å²) < 4.78 is 19.0. The van der Waals surface area contributed by atoms with Crippen LogP contribution in [0.3, 0.4) is 0 Å². The molecule has 0 aliphatic rings. The van der Waals surface area contributed by atoms with Gasteiger partial charge in [-0.25, -0.2) is 4.39 Å². The number of nitriles is 1. The van der Waals surface area contributed by atoms with Crippen LogP contribution in [0.25, 0.3) is 11.1 Å². The van der Waals surface area contributed by atoms with Crippen LogP contribution in [0.2, 0.25) is 5.02 Å². The number of rotatable bonds is 2. The minimum Gasteiger partial charge on any atom is -0.494 e. The molecule has 2 rings (SSSR count). The highest BCUT2D eigenvalue weighted by Gasteiger charge is 2.13. The van der Waals surface area contributed by atoms with E-state index >= 15 is 0 Å². The molecule has 0 aliphatic carbocycles. The van der Waals surface area contributed by atoms with Crippen molar-refractivity contribution in [1.29, 1.82) is 5.26 Å². The van der Waals surface area contributed by atoms with Crippen molar-refractivity contribution in [3.8, 4) is 22.9 Å². The summed E-state index contributed by atoms with van der Waals surface area (Å²) in [6.07, 6.45) is 0. The van der Waals surface area contributed by atoms with Gasteiger partial charge in [-0.1, -0.05) is 29.8 Å². The van der Waals surface area contributed by atoms with Crippen molar-refractivity contribution in [2.24, 2.45) is 0 Å². The predicted molar refractivity (Wildman–Crippen MR) is 68.1 cm³/mol. The Balaban J connectivity index is 2.60. The number of halogens is 2. The Morgan fingerprint density at radius 1 is 1.22 bits per heavy atom. The molecule has 0 aromatic heterocycles. The van der Waals surface area contributed by atoms with Gasteiger partial charge >= 0.3 is 0 Å². The summed E-state index contributed by atoms with van der Waals surface area (Å²) in [4.78, 5) is 0. The molecular formula is C14H9ClFNO. The third-order valence-electron chi connectivity index (χ3n) is 2.57. The highest BCUT2D eigenvalue weighted by molar-refractivity contribution is 6.33. The number of hydrogen-bond acceptors (Lipinski definition) is 2. The molecule has 0 atom stereocenters. The molecule has 0 heterocycles. The van der Waals surface area contributed by atoms with Gasteiger partial charge in [0, 0.05) is 16.1 Å². The second-order valence-electron chi connectivity index (χ2n) is 3.63. The lowest BCUT2D eigenvalue weighted by molar-refractivity contribution is 0.387. The van der Waals surface area contributed by atoms with E-state index in [-0.39, 0.29) is 5.75 Å². The Hall–Kier alpha value is -2.05. The van der Waals surface area contributed by atoms with E-state index < -0.39 is 5.82 Å². The number of benzene rings is 2. The lowest BCUT2D eigenvalue weighted by Crippen LogP contribution is -1.92. The summed E-state index contributed by atoms with van der Waals surface area (Å²) in [5.41, 5.74) is 1.32. The Labute approximate surface area is 109 Å². The predicted octanol–water partition coefficient (Wildman–Crippen LogP) is 4.03. The number of methoxy groups -OCH3 is 1. The van der Waals surface area contributed by atoms with E-state index in [1.165, 1.54) is 19.2 Å². The molecule has 90 valence electrons. The van der Waals surface area contributed by atoms with Crippen LogP contribution in [0.15, 0.2) is 36.4 Å². The van der Waals surface area contributed by atoms with E-state index in [1.807, 2.05) is 6.07 Å². The summed E-state index contributed by atoms with van der Waals surface area (Å²) in [5.74, 6) is -0.306. The molecule has 0 aliphatic heterocycles. The molecule has 0 unspecified atom stereocenters. The first kappa shape index (κ1) is 12.4. The summed E-state index contributed by atoms with van der Waals surface area (Å²) in [6, 6.07) is 11.6. The van der Waals surface area contributed by atoms with Gasteiger partial charge in [-0.15, -0.1) is 0 Å². The monoisotopic (exact) mass is 261 g/mol. The van der Waals surface area contributed by atoms with Crippen molar-refractivity contribution in [3.63, 3.8) is 0 Å². The van der Waals surface area contributed by atoms with Gasteiger partial charge in [0.1, 0.15) is 0 Å².